The number of allylic oxidation sites excluding steroid dienone is 7. The van der Waals surface area contributed by atoms with Crippen LogP contribution >= 0.6 is 0 Å². The van der Waals surface area contributed by atoms with Crippen molar-refractivity contribution >= 4 is 5.91 Å². The van der Waals surface area contributed by atoms with Crippen molar-refractivity contribution in [1.82, 2.24) is 5.32 Å². The number of carbonyl (C=O) groups is 1. The Hall–Kier alpha value is -1.85. The Labute approximate surface area is 437 Å². The number of carbonyl (C=O) groups excluding carboxylic acids is 1. The van der Waals surface area contributed by atoms with Gasteiger partial charge in [0.25, 0.3) is 0 Å². The molecule has 6 N–H and O–H groups in total. The fraction of sp³-hybridized carbons (Fsp3) is 0.855. The van der Waals surface area contributed by atoms with Crippen molar-refractivity contribution in [2.75, 3.05) is 13.2 Å². The minimum absolute atomic E-state index is 0.198. The molecule has 0 aromatic heterocycles. The van der Waals surface area contributed by atoms with Gasteiger partial charge in [0, 0.05) is 6.42 Å². The number of nitrogens with one attached hydrogen (secondary N) is 1. The molecule has 0 bridgehead atoms. The zero-order valence-electron chi connectivity index (χ0n) is 46.2. The number of hydrogen-bond donors (Lipinski definition) is 6. The molecule has 0 spiro atoms. The van der Waals surface area contributed by atoms with Crippen molar-refractivity contribution in [2.45, 2.75) is 326 Å². The first kappa shape index (κ1) is 67.2. The molecule has 1 fully saturated rings. The van der Waals surface area contributed by atoms with Gasteiger partial charge in [0.1, 0.15) is 24.4 Å². The summed E-state index contributed by atoms with van der Waals surface area (Å²) >= 11 is 0. The molecule has 7 atom stereocenters. The maximum Gasteiger partial charge on any atom is 0.220 e. The van der Waals surface area contributed by atoms with Gasteiger partial charge in [0.15, 0.2) is 6.29 Å². The second-order valence-electron chi connectivity index (χ2n) is 21.1. The second kappa shape index (κ2) is 51.6. The summed E-state index contributed by atoms with van der Waals surface area (Å²) in [6.07, 6.45) is 62.0. The van der Waals surface area contributed by atoms with Gasteiger partial charge in [-0.3, -0.25) is 4.79 Å². The van der Waals surface area contributed by atoms with Crippen molar-refractivity contribution in [3.8, 4) is 0 Å². The zero-order valence-corrected chi connectivity index (χ0v) is 46.2. The molecule has 71 heavy (non-hydrogen) atoms. The highest BCUT2D eigenvalue weighted by molar-refractivity contribution is 5.76. The highest BCUT2D eigenvalue weighted by Crippen LogP contribution is 2.23. The number of ether oxygens (including phenoxy) is 2. The molecule has 1 heterocycles. The molecular formula is C62H115NO8. The molecule has 9 heteroatoms. The summed E-state index contributed by atoms with van der Waals surface area (Å²) in [6.45, 7) is 3.77. The van der Waals surface area contributed by atoms with Crippen LogP contribution in [0.25, 0.3) is 0 Å². The van der Waals surface area contributed by atoms with E-state index in [2.05, 4.69) is 55.6 Å². The van der Waals surface area contributed by atoms with Crippen LogP contribution in [-0.2, 0) is 14.3 Å². The number of aliphatic hydroxyl groups excluding tert-OH is 5. The molecule has 1 rings (SSSR count). The van der Waals surface area contributed by atoms with E-state index in [9.17, 15) is 30.3 Å². The number of hydrogen-bond acceptors (Lipinski definition) is 8. The van der Waals surface area contributed by atoms with E-state index in [1.54, 1.807) is 6.08 Å². The average Bonchev–Trinajstić information content (AvgIpc) is 3.37. The summed E-state index contributed by atoms with van der Waals surface area (Å²) in [5.41, 5.74) is 0. The lowest BCUT2D eigenvalue weighted by atomic mass is 9.99. The Morgan fingerprint density at radius 3 is 1.18 bits per heavy atom. The first-order valence-electron chi connectivity index (χ1n) is 30.4. The van der Waals surface area contributed by atoms with Crippen LogP contribution in [0.3, 0.4) is 0 Å². The number of amides is 1. The Morgan fingerprint density at radius 2 is 0.803 bits per heavy atom. The summed E-state index contributed by atoms with van der Waals surface area (Å²) < 4.78 is 11.2. The molecule has 0 aliphatic carbocycles. The van der Waals surface area contributed by atoms with E-state index in [0.717, 1.165) is 64.2 Å². The van der Waals surface area contributed by atoms with E-state index in [-0.39, 0.29) is 12.5 Å². The molecule has 1 amide bonds. The lowest BCUT2D eigenvalue weighted by Gasteiger charge is -2.40. The minimum Gasteiger partial charge on any atom is -0.394 e. The lowest BCUT2D eigenvalue weighted by molar-refractivity contribution is -0.302. The molecule has 0 radical (unpaired) electrons. The smallest absolute Gasteiger partial charge is 0.220 e. The van der Waals surface area contributed by atoms with Crippen molar-refractivity contribution in [3.63, 3.8) is 0 Å². The third-order valence-electron chi connectivity index (χ3n) is 14.4. The third-order valence-corrected chi connectivity index (χ3v) is 14.4. The SMILES string of the molecule is CCCCCCCCC/C=C\CCCCCCCC(=O)NC(COC1OC(CO)C(O)C(O)C1O)C(O)/C=C/CC/C=C/CC/C=C/CCCCCCCCCCCCCCCCCCCCCCCC. The molecule has 0 saturated carbocycles. The van der Waals surface area contributed by atoms with Crippen LogP contribution in [0.5, 0.6) is 0 Å². The largest absolute Gasteiger partial charge is 0.394 e. The van der Waals surface area contributed by atoms with E-state index >= 15 is 0 Å². The van der Waals surface area contributed by atoms with Gasteiger partial charge in [-0.05, 0) is 70.6 Å². The van der Waals surface area contributed by atoms with Crippen LogP contribution < -0.4 is 5.32 Å². The normalized spacial score (nSPS) is 19.6. The van der Waals surface area contributed by atoms with Crippen molar-refractivity contribution in [1.29, 1.82) is 0 Å². The molecule has 7 unspecified atom stereocenters. The van der Waals surface area contributed by atoms with Crippen molar-refractivity contribution in [2.24, 2.45) is 0 Å². The standard InChI is InChI=1S/C62H115NO8/c1-3-5-7-9-11-13-15-17-19-21-22-23-24-25-26-27-28-29-30-31-32-33-34-35-36-37-39-41-43-45-47-49-51-56(65)55(54-70-62-61(69)60(68)59(67)57(53-64)71-62)63-58(66)52-50-48-46-44-42-40-38-20-18-16-14-12-10-8-6-4-2/h20,35-36,38,41,43,49,51,55-57,59-62,64-65,67-69H,3-19,21-34,37,39-40,42,44-48,50,52-54H2,1-2H3,(H,63,66)/b36-35+,38-20-,43-41+,51-49+. The van der Waals surface area contributed by atoms with Gasteiger partial charge in [-0.1, -0.05) is 255 Å². The zero-order chi connectivity index (χ0) is 51.5. The summed E-state index contributed by atoms with van der Waals surface area (Å²) in [5.74, 6) is -0.198. The quantitative estimate of drug-likeness (QED) is 0.0261. The summed E-state index contributed by atoms with van der Waals surface area (Å²) in [6, 6.07) is -0.834. The molecule has 0 aromatic rings. The van der Waals surface area contributed by atoms with E-state index in [4.69, 9.17) is 9.47 Å². The van der Waals surface area contributed by atoms with Crippen LogP contribution in [0, 0.1) is 0 Å². The van der Waals surface area contributed by atoms with Crippen molar-refractivity contribution in [3.05, 3.63) is 48.6 Å². The van der Waals surface area contributed by atoms with E-state index in [1.165, 1.54) is 199 Å². The molecule has 1 aliphatic heterocycles. The highest BCUT2D eigenvalue weighted by Gasteiger charge is 2.44. The third kappa shape index (κ3) is 41.1. The summed E-state index contributed by atoms with van der Waals surface area (Å²) in [7, 11) is 0. The number of rotatable bonds is 52. The monoisotopic (exact) mass is 1000 g/mol. The predicted molar refractivity (Wildman–Crippen MR) is 299 cm³/mol. The van der Waals surface area contributed by atoms with Crippen LogP contribution in [0.2, 0.25) is 0 Å². The van der Waals surface area contributed by atoms with E-state index < -0.39 is 49.5 Å². The molecular weight excluding hydrogens is 887 g/mol. The Bertz CT molecular complexity index is 1250. The molecule has 1 aliphatic rings. The first-order chi connectivity index (χ1) is 34.8. The molecule has 416 valence electrons. The fourth-order valence-corrected chi connectivity index (χ4v) is 9.54. The average molecular weight is 1000 g/mol. The number of unbranched alkanes of at least 4 members (excludes halogenated alkanes) is 36. The summed E-state index contributed by atoms with van der Waals surface area (Å²) in [4.78, 5) is 13.0. The molecule has 9 nitrogen and oxygen atoms in total. The lowest BCUT2D eigenvalue weighted by Crippen LogP contribution is -2.60. The van der Waals surface area contributed by atoms with E-state index in [0.29, 0.717) is 6.42 Å². The van der Waals surface area contributed by atoms with Gasteiger partial charge in [-0.2, -0.15) is 0 Å². The first-order valence-corrected chi connectivity index (χ1v) is 30.4. The highest BCUT2D eigenvalue weighted by atomic mass is 16.7. The maximum absolute atomic E-state index is 13.0. The van der Waals surface area contributed by atoms with Gasteiger partial charge < -0.3 is 40.3 Å². The van der Waals surface area contributed by atoms with Crippen molar-refractivity contribution < 1.29 is 39.8 Å². The molecule has 0 aromatic carbocycles. The van der Waals surface area contributed by atoms with Crippen LogP contribution in [-0.4, -0.2) is 87.5 Å². The summed E-state index contributed by atoms with van der Waals surface area (Å²) in [5, 5.41) is 54.5. The topological polar surface area (TPSA) is 149 Å². The second-order valence-corrected chi connectivity index (χ2v) is 21.1. The maximum atomic E-state index is 13.0. The van der Waals surface area contributed by atoms with Crippen LogP contribution in [0.1, 0.15) is 284 Å². The Morgan fingerprint density at radius 1 is 0.465 bits per heavy atom. The fourth-order valence-electron chi connectivity index (χ4n) is 9.54. The Kier molecular flexibility index (Phi) is 48.8. The van der Waals surface area contributed by atoms with E-state index in [1.807, 2.05) is 6.08 Å². The number of aliphatic hydroxyl groups is 5. The molecule has 1 saturated heterocycles. The Balaban J connectivity index is 2.20. The van der Waals surface area contributed by atoms with Gasteiger partial charge in [-0.25, -0.2) is 0 Å². The van der Waals surface area contributed by atoms with Gasteiger partial charge in [0.2, 0.25) is 5.91 Å². The predicted octanol–water partition coefficient (Wildman–Crippen LogP) is 15.3. The van der Waals surface area contributed by atoms with Crippen LogP contribution in [0.4, 0.5) is 0 Å². The van der Waals surface area contributed by atoms with Gasteiger partial charge >= 0.3 is 0 Å². The van der Waals surface area contributed by atoms with Crippen LogP contribution in [0.15, 0.2) is 48.6 Å². The van der Waals surface area contributed by atoms with Gasteiger partial charge in [-0.15, -0.1) is 0 Å². The van der Waals surface area contributed by atoms with Gasteiger partial charge in [0.05, 0.1) is 25.4 Å². The minimum atomic E-state index is -1.58.